The summed E-state index contributed by atoms with van der Waals surface area (Å²) in [5, 5.41) is 14.0. The molecular weight excluding hydrogens is 404 g/mol. The summed E-state index contributed by atoms with van der Waals surface area (Å²) in [7, 11) is 0. The van der Waals surface area contributed by atoms with Crippen LogP contribution in [0.1, 0.15) is 18.1 Å². The number of aromatic nitrogens is 4. The summed E-state index contributed by atoms with van der Waals surface area (Å²) in [6, 6.07) is 24.8. The zero-order valence-electron chi connectivity index (χ0n) is 17.3. The lowest BCUT2D eigenvalue weighted by Gasteiger charge is -2.23. The standard InChI is InChI=1S/C24H20N6O2/c1-24(20-8-5-9-21(14-20)30-16-25-27-28-30)22(31)29(23(32)26-24)15-17-10-12-19(13-11-17)18-6-3-2-4-7-18/h2-14,16H,15H2,1H3,(H,26,32)/t24-/m1/s1. The smallest absolute Gasteiger partial charge is 0.319 e. The van der Waals surface area contributed by atoms with Gasteiger partial charge >= 0.3 is 6.03 Å². The van der Waals surface area contributed by atoms with Crippen LogP contribution in [0.2, 0.25) is 0 Å². The van der Waals surface area contributed by atoms with Crippen LogP contribution in [0, 0.1) is 0 Å². The van der Waals surface area contributed by atoms with Gasteiger partial charge in [-0.1, -0.05) is 66.7 Å². The highest BCUT2D eigenvalue weighted by atomic mass is 16.2. The number of nitrogens with one attached hydrogen (secondary N) is 1. The van der Waals surface area contributed by atoms with Crippen molar-refractivity contribution in [3.8, 4) is 16.8 Å². The molecule has 158 valence electrons. The highest BCUT2D eigenvalue weighted by molar-refractivity contribution is 6.07. The minimum absolute atomic E-state index is 0.196. The number of urea groups is 1. The zero-order chi connectivity index (χ0) is 22.1. The highest BCUT2D eigenvalue weighted by Gasteiger charge is 2.49. The van der Waals surface area contributed by atoms with E-state index in [2.05, 4.69) is 20.8 Å². The summed E-state index contributed by atoms with van der Waals surface area (Å²) in [5.74, 6) is -0.302. The Hall–Kier alpha value is -4.33. The van der Waals surface area contributed by atoms with Gasteiger partial charge in [0.2, 0.25) is 0 Å². The lowest BCUT2D eigenvalue weighted by molar-refractivity contribution is -0.131. The van der Waals surface area contributed by atoms with Gasteiger partial charge in [0, 0.05) is 0 Å². The molecule has 1 aliphatic heterocycles. The molecule has 5 rings (SSSR count). The van der Waals surface area contributed by atoms with Gasteiger partial charge in [0.25, 0.3) is 5.91 Å². The van der Waals surface area contributed by atoms with Crippen LogP contribution >= 0.6 is 0 Å². The number of benzene rings is 3. The van der Waals surface area contributed by atoms with Crippen molar-refractivity contribution in [2.24, 2.45) is 0 Å². The molecule has 1 saturated heterocycles. The third-order valence-electron chi connectivity index (χ3n) is 5.71. The Morgan fingerprint density at radius 1 is 0.906 bits per heavy atom. The number of carbonyl (C=O) groups excluding carboxylic acids is 2. The van der Waals surface area contributed by atoms with Gasteiger partial charge in [0.05, 0.1) is 12.2 Å². The van der Waals surface area contributed by atoms with E-state index in [9.17, 15) is 9.59 Å². The summed E-state index contributed by atoms with van der Waals surface area (Å²) in [5.41, 5.74) is 3.25. The molecule has 32 heavy (non-hydrogen) atoms. The number of imide groups is 1. The second kappa shape index (κ2) is 7.73. The molecule has 0 unspecified atom stereocenters. The van der Waals surface area contributed by atoms with E-state index >= 15 is 0 Å². The molecule has 1 N–H and O–H groups in total. The summed E-state index contributed by atoms with van der Waals surface area (Å²) in [6.07, 6.45) is 1.47. The van der Waals surface area contributed by atoms with Crippen molar-refractivity contribution in [3.63, 3.8) is 0 Å². The molecule has 0 saturated carbocycles. The lowest BCUT2D eigenvalue weighted by Crippen LogP contribution is -2.40. The van der Waals surface area contributed by atoms with Gasteiger partial charge in [-0.05, 0) is 51.7 Å². The lowest BCUT2D eigenvalue weighted by atomic mass is 9.91. The minimum Gasteiger partial charge on any atom is -0.319 e. The van der Waals surface area contributed by atoms with Gasteiger partial charge in [-0.25, -0.2) is 9.48 Å². The SMILES string of the molecule is C[C@]1(c2cccc(-n3cnnn3)c2)NC(=O)N(Cc2ccc(-c3ccccc3)cc2)C1=O. The van der Waals surface area contributed by atoms with Crippen LogP contribution in [0.5, 0.6) is 0 Å². The molecule has 8 nitrogen and oxygen atoms in total. The summed E-state index contributed by atoms with van der Waals surface area (Å²) >= 11 is 0. The van der Waals surface area contributed by atoms with E-state index in [4.69, 9.17) is 0 Å². The molecule has 4 aromatic rings. The van der Waals surface area contributed by atoms with Gasteiger partial charge in [-0.3, -0.25) is 9.69 Å². The van der Waals surface area contributed by atoms with Crippen LogP contribution in [-0.4, -0.2) is 37.0 Å². The fourth-order valence-electron chi connectivity index (χ4n) is 3.89. The Labute approximate surface area is 184 Å². The quantitative estimate of drug-likeness (QED) is 0.496. The van der Waals surface area contributed by atoms with Crippen LogP contribution in [0.4, 0.5) is 4.79 Å². The molecular formula is C24H20N6O2. The van der Waals surface area contributed by atoms with E-state index in [1.54, 1.807) is 13.0 Å². The average molecular weight is 424 g/mol. The maximum Gasteiger partial charge on any atom is 0.325 e. The second-order valence-corrected chi connectivity index (χ2v) is 7.81. The molecule has 3 aromatic carbocycles. The van der Waals surface area contributed by atoms with E-state index in [0.717, 1.165) is 16.7 Å². The molecule has 1 fully saturated rings. The third-order valence-corrected chi connectivity index (χ3v) is 5.71. The van der Waals surface area contributed by atoms with Crippen molar-refractivity contribution < 1.29 is 9.59 Å². The van der Waals surface area contributed by atoms with Crippen molar-refractivity contribution >= 4 is 11.9 Å². The van der Waals surface area contributed by atoms with Crippen molar-refractivity contribution in [3.05, 3.63) is 96.3 Å². The Morgan fingerprint density at radius 2 is 1.66 bits per heavy atom. The second-order valence-electron chi connectivity index (χ2n) is 7.81. The number of carbonyl (C=O) groups is 2. The third kappa shape index (κ3) is 3.41. The number of tetrazole rings is 1. The zero-order valence-corrected chi connectivity index (χ0v) is 17.3. The van der Waals surface area contributed by atoms with Crippen LogP contribution in [0.3, 0.4) is 0 Å². The first-order valence-electron chi connectivity index (χ1n) is 10.2. The maximum atomic E-state index is 13.3. The van der Waals surface area contributed by atoms with E-state index in [-0.39, 0.29) is 12.5 Å². The van der Waals surface area contributed by atoms with Gasteiger partial charge in [-0.15, -0.1) is 5.10 Å². The monoisotopic (exact) mass is 424 g/mol. The predicted octanol–water partition coefficient (Wildman–Crippen LogP) is 3.30. The first-order chi connectivity index (χ1) is 15.5. The molecule has 0 aliphatic carbocycles. The molecule has 0 spiro atoms. The Morgan fingerprint density at radius 3 is 2.38 bits per heavy atom. The van der Waals surface area contributed by atoms with E-state index in [0.29, 0.717) is 11.3 Å². The fourth-order valence-corrected chi connectivity index (χ4v) is 3.89. The topological polar surface area (TPSA) is 93.0 Å². The van der Waals surface area contributed by atoms with E-state index in [1.165, 1.54) is 15.9 Å². The predicted molar refractivity (Wildman–Crippen MR) is 117 cm³/mol. The number of hydrogen-bond acceptors (Lipinski definition) is 5. The van der Waals surface area contributed by atoms with Gasteiger partial charge < -0.3 is 5.32 Å². The number of rotatable bonds is 5. The largest absolute Gasteiger partial charge is 0.325 e. The molecule has 0 bridgehead atoms. The molecule has 2 heterocycles. The minimum atomic E-state index is -1.18. The number of amides is 3. The first-order valence-corrected chi connectivity index (χ1v) is 10.2. The normalized spacial score (nSPS) is 18.1. The molecule has 1 aromatic heterocycles. The average Bonchev–Trinajstić information content (AvgIpc) is 3.44. The highest BCUT2D eigenvalue weighted by Crippen LogP contribution is 2.31. The first kappa shape index (κ1) is 19.6. The summed E-state index contributed by atoms with van der Waals surface area (Å²) in [4.78, 5) is 27.3. The number of hydrogen-bond donors (Lipinski definition) is 1. The van der Waals surface area contributed by atoms with Gasteiger partial charge in [0.15, 0.2) is 0 Å². The molecule has 0 radical (unpaired) electrons. The van der Waals surface area contributed by atoms with Crippen molar-refractivity contribution in [2.45, 2.75) is 19.0 Å². The Balaban J connectivity index is 1.38. The van der Waals surface area contributed by atoms with Gasteiger partial charge in [-0.2, -0.15) is 0 Å². The van der Waals surface area contributed by atoms with Crippen LogP contribution in [0.25, 0.3) is 16.8 Å². The van der Waals surface area contributed by atoms with Gasteiger partial charge in [0.1, 0.15) is 11.9 Å². The van der Waals surface area contributed by atoms with E-state index < -0.39 is 11.6 Å². The molecule has 8 heteroatoms. The van der Waals surface area contributed by atoms with Crippen LogP contribution < -0.4 is 5.32 Å². The Bertz CT molecular complexity index is 1270. The number of nitrogens with zero attached hydrogens (tertiary/aromatic N) is 5. The molecule has 1 aliphatic rings. The molecule has 1 atom stereocenters. The maximum absolute atomic E-state index is 13.3. The molecule has 3 amide bonds. The fraction of sp³-hybridized carbons (Fsp3) is 0.125. The summed E-state index contributed by atoms with van der Waals surface area (Å²) in [6.45, 7) is 1.91. The van der Waals surface area contributed by atoms with Crippen LogP contribution in [0.15, 0.2) is 85.2 Å². The van der Waals surface area contributed by atoms with Crippen molar-refractivity contribution in [1.82, 2.24) is 30.4 Å². The van der Waals surface area contributed by atoms with Crippen molar-refractivity contribution in [2.75, 3.05) is 0 Å². The van der Waals surface area contributed by atoms with E-state index in [1.807, 2.05) is 72.8 Å². The summed E-state index contributed by atoms with van der Waals surface area (Å²) < 4.78 is 1.50. The Kier molecular flexibility index (Phi) is 4.74. The van der Waals surface area contributed by atoms with Crippen molar-refractivity contribution in [1.29, 1.82) is 0 Å². The van der Waals surface area contributed by atoms with Crippen LogP contribution in [-0.2, 0) is 16.9 Å².